The number of pyridine rings is 1. The number of allylic oxidation sites excluding steroid dienone is 3. The average molecular weight is 431 g/mol. The first-order valence-corrected chi connectivity index (χ1v) is 10.9. The summed E-state index contributed by atoms with van der Waals surface area (Å²) in [6, 6.07) is 5.10. The largest absolute Gasteiger partial charge is 0.466 e. The zero-order valence-electron chi connectivity index (χ0n) is 18.3. The second-order valence-electron chi connectivity index (χ2n) is 8.76. The van der Waals surface area contributed by atoms with Crippen molar-refractivity contribution in [3.63, 3.8) is 0 Å². The second-order valence-corrected chi connectivity index (χ2v) is 8.76. The van der Waals surface area contributed by atoms with E-state index in [9.17, 15) is 4.79 Å². The monoisotopic (exact) mass is 430 g/mol. The molecule has 2 aromatic heterocycles. The Morgan fingerprint density at radius 2 is 2.03 bits per heavy atom. The summed E-state index contributed by atoms with van der Waals surface area (Å²) in [4.78, 5) is 24.5. The summed E-state index contributed by atoms with van der Waals surface area (Å²) >= 11 is 0. The Hall–Kier alpha value is -3.61. The molecular weight excluding hydrogens is 404 g/mol. The molecule has 2 aromatic rings. The van der Waals surface area contributed by atoms with E-state index < -0.39 is 0 Å². The van der Waals surface area contributed by atoms with Gasteiger partial charge in [-0.2, -0.15) is 0 Å². The molecule has 0 radical (unpaired) electrons. The Balaban J connectivity index is 1.70. The third kappa shape index (κ3) is 3.64. The quantitative estimate of drug-likeness (QED) is 0.720. The molecule has 5 rings (SSSR count). The van der Waals surface area contributed by atoms with Gasteiger partial charge in [-0.3, -0.25) is 14.3 Å². The number of anilines is 1. The van der Waals surface area contributed by atoms with Gasteiger partial charge in [0, 0.05) is 36.1 Å². The SMILES string of the molecule is CC1(C)CCn2c(nc(-c3ccncc3)cc2=O)N1C(C1=CC=CCC1)C1=COC=CO1. The van der Waals surface area contributed by atoms with E-state index in [1.807, 2.05) is 12.1 Å². The lowest BCUT2D eigenvalue weighted by atomic mass is 9.88. The fourth-order valence-electron chi connectivity index (χ4n) is 4.53. The van der Waals surface area contributed by atoms with E-state index in [1.165, 1.54) is 11.8 Å². The molecule has 164 valence electrons. The smallest absolute Gasteiger partial charge is 0.255 e. The molecule has 0 amide bonds. The van der Waals surface area contributed by atoms with Crippen molar-refractivity contribution >= 4 is 5.95 Å². The highest BCUT2D eigenvalue weighted by atomic mass is 16.5. The molecule has 7 heteroatoms. The molecule has 0 saturated carbocycles. The molecule has 0 spiro atoms. The summed E-state index contributed by atoms with van der Waals surface area (Å²) in [7, 11) is 0. The number of nitrogens with zero attached hydrogens (tertiary/aromatic N) is 4. The van der Waals surface area contributed by atoms with E-state index in [4.69, 9.17) is 14.5 Å². The van der Waals surface area contributed by atoms with Gasteiger partial charge in [-0.25, -0.2) is 4.98 Å². The van der Waals surface area contributed by atoms with Crippen molar-refractivity contribution in [3.8, 4) is 11.3 Å². The third-order valence-corrected chi connectivity index (χ3v) is 6.23. The van der Waals surface area contributed by atoms with E-state index in [0.717, 1.165) is 24.8 Å². The molecule has 7 nitrogen and oxygen atoms in total. The zero-order valence-corrected chi connectivity index (χ0v) is 18.3. The lowest BCUT2D eigenvalue weighted by molar-refractivity contribution is 0.223. The van der Waals surface area contributed by atoms with E-state index >= 15 is 0 Å². The minimum absolute atomic E-state index is 0.0618. The highest BCUT2D eigenvalue weighted by Crippen LogP contribution is 2.39. The molecule has 0 bridgehead atoms. The topological polar surface area (TPSA) is 69.5 Å². The van der Waals surface area contributed by atoms with E-state index in [0.29, 0.717) is 23.9 Å². The first kappa shape index (κ1) is 20.3. The summed E-state index contributed by atoms with van der Waals surface area (Å²) in [6.45, 7) is 4.99. The predicted molar refractivity (Wildman–Crippen MR) is 123 cm³/mol. The highest BCUT2D eigenvalue weighted by molar-refractivity contribution is 5.61. The molecule has 0 fully saturated rings. The van der Waals surface area contributed by atoms with Gasteiger partial charge in [-0.15, -0.1) is 0 Å². The van der Waals surface area contributed by atoms with Crippen molar-refractivity contribution in [1.82, 2.24) is 14.5 Å². The van der Waals surface area contributed by atoms with Gasteiger partial charge in [-0.1, -0.05) is 18.2 Å². The van der Waals surface area contributed by atoms with E-state index in [2.05, 4.69) is 42.0 Å². The Morgan fingerprint density at radius 1 is 1.19 bits per heavy atom. The fraction of sp³-hybridized carbons (Fsp3) is 0.320. The molecule has 0 aromatic carbocycles. The van der Waals surface area contributed by atoms with Crippen LogP contribution in [0.4, 0.5) is 5.95 Å². The summed E-state index contributed by atoms with van der Waals surface area (Å²) in [5, 5.41) is 0. The van der Waals surface area contributed by atoms with Crippen molar-refractivity contribution in [2.75, 3.05) is 4.90 Å². The first-order valence-electron chi connectivity index (χ1n) is 10.9. The van der Waals surface area contributed by atoms with Crippen LogP contribution in [0.3, 0.4) is 0 Å². The van der Waals surface area contributed by atoms with Crippen LogP contribution in [0.5, 0.6) is 0 Å². The number of rotatable bonds is 4. The van der Waals surface area contributed by atoms with Crippen LogP contribution in [0, 0.1) is 0 Å². The van der Waals surface area contributed by atoms with Crippen LogP contribution in [-0.2, 0) is 16.0 Å². The number of aromatic nitrogens is 3. The van der Waals surface area contributed by atoms with E-state index in [-0.39, 0.29) is 17.1 Å². The normalized spacial score (nSPS) is 19.9. The van der Waals surface area contributed by atoms with Crippen molar-refractivity contribution in [2.45, 2.75) is 51.2 Å². The van der Waals surface area contributed by atoms with Crippen LogP contribution < -0.4 is 10.5 Å². The minimum Gasteiger partial charge on any atom is -0.466 e. The maximum Gasteiger partial charge on any atom is 0.255 e. The van der Waals surface area contributed by atoms with Crippen LogP contribution in [0.25, 0.3) is 11.3 Å². The van der Waals surface area contributed by atoms with Gasteiger partial charge in [-0.05, 0) is 50.8 Å². The Bertz CT molecular complexity index is 1190. The Morgan fingerprint density at radius 3 is 2.75 bits per heavy atom. The summed E-state index contributed by atoms with van der Waals surface area (Å²) < 4.78 is 13.2. The summed E-state index contributed by atoms with van der Waals surface area (Å²) in [5.41, 5.74) is 2.36. The molecule has 0 saturated heterocycles. The highest BCUT2D eigenvalue weighted by Gasteiger charge is 2.43. The van der Waals surface area contributed by atoms with Crippen LogP contribution in [-0.4, -0.2) is 26.1 Å². The molecule has 1 unspecified atom stereocenters. The Labute approximate surface area is 187 Å². The van der Waals surface area contributed by atoms with E-state index in [1.54, 1.807) is 35.6 Å². The lowest BCUT2D eigenvalue weighted by Crippen LogP contribution is -2.57. The van der Waals surface area contributed by atoms with Crippen LogP contribution >= 0.6 is 0 Å². The molecule has 4 heterocycles. The van der Waals surface area contributed by atoms with Gasteiger partial charge in [0.1, 0.15) is 24.8 Å². The second kappa shape index (κ2) is 8.15. The van der Waals surface area contributed by atoms with Gasteiger partial charge < -0.3 is 14.4 Å². The molecular formula is C25H26N4O3. The Kier molecular flexibility index (Phi) is 5.17. The maximum atomic E-state index is 13.2. The van der Waals surface area contributed by atoms with Gasteiger partial charge in [0.15, 0.2) is 5.76 Å². The van der Waals surface area contributed by atoms with Crippen LogP contribution in [0.2, 0.25) is 0 Å². The molecule has 1 aliphatic carbocycles. The zero-order chi connectivity index (χ0) is 22.1. The van der Waals surface area contributed by atoms with Gasteiger partial charge >= 0.3 is 0 Å². The third-order valence-electron chi connectivity index (χ3n) is 6.23. The molecule has 2 aliphatic heterocycles. The number of ether oxygens (including phenoxy) is 2. The van der Waals surface area contributed by atoms with Crippen molar-refractivity contribution in [2.24, 2.45) is 0 Å². The van der Waals surface area contributed by atoms with Crippen molar-refractivity contribution in [3.05, 3.63) is 89.3 Å². The predicted octanol–water partition coefficient (Wildman–Crippen LogP) is 4.30. The van der Waals surface area contributed by atoms with Crippen LogP contribution in [0.15, 0.2) is 83.7 Å². The summed E-state index contributed by atoms with van der Waals surface area (Å²) in [6.07, 6.45) is 17.2. The maximum absolute atomic E-state index is 13.2. The molecule has 1 atom stereocenters. The lowest BCUT2D eigenvalue weighted by Gasteiger charge is -2.49. The average Bonchev–Trinajstić information content (AvgIpc) is 2.82. The number of hydrogen-bond donors (Lipinski definition) is 0. The molecule has 0 N–H and O–H groups in total. The number of fused-ring (bicyclic) bond motifs is 1. The fourth-order valence-corrected chi connectivity index (χ4v) is 4.53. The molecule has 32 heavy (non-hydrogen) atoms. The number of hydrogen-bond acceptors (Lipinski definition) is 6. The first-order chi connectivity index (χ1) is 15.5. The standard InChI is InChI=1S/C25H26N4O3/c1-25(2)10-13-28-22(30)16-20(18-8-11-26-12-9-18)27-24(28)29(25)23(19-6-4-3-5-7-19)21-17-31-14-15-32-21/h3-4,6,8-9,11-12,14-17,23H,5,7,10,13H2,1-2H3. The van der Waals surface area contributed by atoms with Crippen molar-refractivity contribution < 1.29 is 9.47 Å². The van der Waals surface area contributed by atoms with Gasteiger partial charge in [0.05, 0.1) is 5.69 Å². The van der Waals surface area contributed by atoms with Gasteiger partial charge in [0.25, 0.3) is 5.56 Å². The summed E-state index contributed by atoms with van der Waals surface area (Å²) in [5.74, 6) is 1.32. The van der Waals surface area contributed by atoms with Crippen LogP contribution in [0.1, 0.15) is 33.1 Å². The molecule has 3 aliphatic rings. The van der Waals surface area contributed by atoms with Crippen molar-refractivity contribution in [1.29, 1.82) is 0 Å². The minimum atomic E-state index is -0.270. The van der Waals surface area contributed by atoms with Gasteiger partial charge in [0.2, 0.25) is 5.95 Å².